The van der Waals surface area contributed by atoms with E-state index in [9.17, 15) is 43.2 Å². The number of aliphatic hydroxyl groups excluding tert-OH is 1. The van der Waals surface area contributed by atoms with E-state index < -0.39 is 97.5 Å². The van der Waals surface area contributed by atoms with E-state index in [0.717, 1.165) is 95.8 Å². The van der Waals surface area contributed by atoms with E-state index in [4.69, 9.17) is 37.0 Å². The molecular formula is C88H172O17P2. The van der Waals surface area contributed by atoms with Crippen molar-refractivity contribution in [3.05, 3.63) is 0 Å². The van der Waals surface area contributed by atoms with Crippen molar-refractivity contribution < 1.29 is 80.2 Å². The van der Waals surface area contributed by atoms with Gasteiger partial charge in [0.25, 0.3) is 0 Å². The first-order valence-electron chi connectivity index (χ1n) is 45.7. The molecule has 0 aliphatic heterocycles. The first kappa shape index (κ1) is 105. The van der Waals surface area contributed by atoms with Crippen LogP contribution in [0.15, 0.2) is 0 Å². The highest BCUT2D eigenvalue weighted by Gasteiger charge is 2.30. The van der Waals surface area contributed by atoms with Gasteiger partial charge in [0.1, 0.15) is 19.3 Å². The summed E-state index contributed by atoms with van der Waals surface area (Å²) in [4.78, 5) is 73.3. The largest absolute Gasteiger partial charge is 0.472 e. The topological polar surface area (TPSA) is 237 Å². The van der Waals surface area contributed by atoms with E-state index in [0.29, 0.717) is 25.7 Å². The van der Waals surface area contributed by atoms with Crippen LogP contribution in [0.3, 0.4) is 0 Å². The van der Waals surface area contributed by atoms with Crippen molar-refractivity contribution in [3.8, 4) is 0 Å². The highest BCUT2D eigenvalue weighted by Crippen LogP contribution is 2.45. The summed E-state index contributed by atoms with van der Waals surface area (Å²) in [5, 5.41) is 10.7. The van der Waals surface area contributed by atoms with Gasteiger partial charge < -0.3 is 33.8 Å². The molecule has 0 bridgehead atoms. The van der Waals surface area contributed by atoms with Crippen molar-refractivity contribution in [2.75, 3.05) is 39.6 Å². The van der Waals surface area contributed by atoms with Gasteiger partial charge in [-0.1, -0.05) is 426 Å². The number of ether oxygens (including phenoxy) is 4. The van der Waals surface area contributed by atoms with E-state index >= 15 is 0 Å². The molecule has 0 saturated heterocycles. The van der Waals surface area contributed by atoms with E-state index in [1.54, 1.807) is 0 Å². The van der Waals surface area contributed by atoms with Gasteiger partial charge in [0.2, 0.25) is 0 Å². The van der Waals surface area contributed by atoms with Crippen LogP contribution in [0.25, 0.3) is 0 Å². The van der Waals surface area contributed by atoms with Gasteiger partial charge in [-0.25, -0.2) is 9.13 Å². The van der Waals surface area contributed by atoms with Crippen molar-refractivity contribution in [2.24, 2.45) is 5.92 Å². The molecule has 0 spiro atoms. The number of hydrogen-bond acceptors (Lipinski definition) is 15. The predicted molar refractivity (Wildman–Crippen MR) is 442 cm³/mol. The fourth-order valence-electron chi connectivity index (χ4n) is 13.8. The molecule has 6 atom stereocenters. The second kappa shape index (κ2) is 80.7. The number of phosphoric ester groups is 2. The Hall–Kier alpha value is -1.94. The zero-order valence-electron chi connectivity index (χ0n) is 70.3. The standard InChI is InChI=1S/C88H172O17P2/c1-6-10-13-16-19-22-25-27-29-31-32-36-40-43-47-52-57-62-67-72-86(91)99-78-84(105-88(93)74-69-64-59-54-49-45-41-37-34-33-35-38-42-46-50-55-60-65-70-81(5)9-4)80-103-107(96,97)101-76-82(89)75-100-106(94,95)102-79-83(77-98-85(90)71-66-61-56-51-24-21-18-15-12-8-3)104-87(92)73-68-63-58-53-48-44-39-30-28-26-23-20-17-14-11-7-2/h81-84,89H,6-80H2,1-5H3,(H,94,95)(H,96,97)/t81?,82-,83+,84+/m0/s1. The van der Waals surface area contributed by atoms with Crippen LogP contribution in [0.5, 0.6) is 0 Å². The Morgan fingerprint density at radius 2 is 0.449 bits per heavy atom. The fourth-order valence-corrected chi connectivity index (χ4v) is 15.4. The smallest absolute Gasteiger partial charge is 0.462 e. The number of carbonyl (C=O) groups is 4. The zero-order valence-corrected chi connectivity index (χ0v) is 72.1. The third kappa shape index (κ3) is 80.5. The summed E-state index contributed by atoms with van der Waals surface area (Å²) < 4.78 is 68.9. The summed E-state index contributed by atoms with van der Waals surface area (Å²) in [6, 6.07) is 0. The van der Waals surface area contributed by atoms with Crippen LogP contribution in [0.1, 0.15) is 478 Å². The number of phosphoric acid groups is 2. The summed E-state index contributed by atoms with van der Waals surface area (Å²) in [6.45, 7) is 7.44. The summed E-state index contributed by atoms with van der Waals surface area (Å²) in [5.41, 5.74) is 0. The molecule has 0 heterocycles. The molecule has 3 unspecified atom stereocenters. The fraction of sp³-hybridized carbons (Fsp3) is 0.955. The number of hydrogen-bond donors (Lipinski definition) is 3. The maximum absolute atomic E-state index is 13.2. The van der Waals surface area contributed by atoms with Crippen LogP contribution >= 0.6 is 15.6 Å². The Kier molecular flexibility index (Phi) is 79.2. The number of carbonyl (C=O) groups excluding carboxylic acids is 4. The Labute approximate surface area is 658 Å². The van der Waals surface area contributed by atoms with Gasteiger partial charge in [0.15, 0.2) is 12.2 Å². The number of aliphatic hydroxyl groups is 1. The lowest BCUT2D eigenvalue weighted by Crippen LogP contribution is -2.30. The molecule has 17 nitrogen and oxygen atoms in total. The Balaban J connectivity index is 5.22. The lowest BCUT2D eigenvalue weighted by atomic mass is 9.99. The van der Waals surface area contributed by atoms with Crippen LogP contribution in [-0.4, -0.2) is 96.7 Å². The normalized spacial score (nSPS) is 14.0. The quantitative estimate of drug-likeness (QED) is 0.0222. The molecule has 0 fully saturated rings. The van der Waals surface area contributed by atoms with Crippen LogP contribution in [-0.2, 0) is 65.4 Å². The summed E-state index contributed by atoms with van der Waals surface area (Å²) >= 11 is 0. The Morgan fingerprint density at radius 3 is 0.664 bits per heavy atom. The van der Waals surface area contributed by atoms with Crippen molar-refractivity contribution in [1.29, 1.82) is 0 Å². The Bertz CT molecular complexity index is 2030. The van der Waals surface area contributed by atoms with Gasteiger partial charge in [-0.15, -0.1) is 0 Å². The zero-order chi connectivity index (χ0) is 78.3. The van der Waals surface area contributed by atoms with Crippen LogP contribution in [0.2, 0.25) is 0 Å². The molecule has 0 aliphatic carbocycles. The molecule has 0 aromatic heterocycles. The second-order valence-electron chi connectivity index (χ2n) is 31.9. The van der Waals surface area contributed by atoms with Crippen molar-refractivity contribution in [2.45, 2.75) is 496 Å². The Morgan fingerprint density at radius 1 is 0.262 bits per heavy atom. The van der Waals surface area contributed by atoms with Gasteiger partial charge in [-0.05, 0) is 31.6 Å². The average Bonchev–Trinajstić information content (AvgIpc) is 0.902. The molecule has 0 aromatic rings. The van der Waals surface area contributed by atoms with Gasteiger partial charge in [-0.3, -0.25) is 37.3 Å². The molecule has 0 aromatic carbocycles. The minimum absolute atomic E-state index is 0.109. The molecule has 19 heteroatoms. The third-order valence-corrected chi connectivity index (χ3v) is 23.0. The van der Waals surface area contributed by atoms with Gasteiger partial charge in [0.05, 0.1) is 26.4 Å². The maximum Gasteiger partial charge on any atom is 0.472 e. The maximum atomic E-state index is 13.2. The van der Waals surface area contributed by atoms with Crippen LogP contribution < -0.4 is 0 Å². The molecule has 0 aliphatic rings. The van der Waals surface area contributed by atoms with E-state index in [1.165, 1.54) is 302 Å². The predicted octanol–water partition coefficient (Wildman–Crippen LogP) is 27.2. The minimum atomic E-state index is -4.97. The van der Waals surface area contributed by atoms with Crippen LogP contribution in [0.4, 0.5) is 0 Å². The van der Waals surface area contributed by atoms with Crippen molar-refractivity contribution >= 4 is 39.5 Å². The van der Waals surface area contributed by atoms with Gasteiger partial charge in [0, 0.05) is 25.7 Å². The van der Waals surface area contributed by atoms with Gasteiger partial charge in [-0.2, -0.15) is 0 Å². The second-order valence-corrected chi connectivity index (χ2v) is 34.8. The molecular weight excluding hydrogens is 1390 g/mol. The lowest BCUT2D eigenvalue weighted by molar-refractivity contribution is -0.161. The third-order valence-electron chi connectivity index (χ3n) is 21.1. The number of rotatable bonds is 88. The number of esters is 4. The first-order chi connectivity index (χ1) is 52.1. The van der Waals surface area contributed by atoms with E-state index in [1.807, 2.05) is 0 Å². The van der Waals surface area contributed by atoms with E-state index in [2.05, 4.69) is 34.6 Å². The van der Waals surface area contributed by atoms with Crippen molar-refractivity contribution in [1.82, 2.24) is 0 Å². The van der Waals surface area contributed by atoms with Gasteiger partial charge >= 0.3 is 39.5 Å². The molecule has 636 valence electrons. The molecule has 0 rings (SSSR count). The molecule has 107 heavy (non-hydrogen) atoms. The highest BCUT2D eigenvalue weighted by molar-refractivity contribution is 7.47. The molecule has 0 amide bonds. The minimum Gasteiger partial charge on any atom is -0.462 e. The SMILES string of the molecule is CCCCCCCCCCCCCCCCCCCCCC(=O)OC[C@H](COP(=O)(O)OC[C@@H](O)COP(=O)(O)OC[C@@H](COC(=O)CCCCCCCCCCCC)OC(=O)CCCCCCCCCCCCCCCCCC)OC(=O)CCCCCCCCCCCCCCCCCCCCC(C)CC. The number of unbranched alkanes of at least 4 members (excludes halogenated alkanes) is 59. The summed E-state index contributed by atoms with van der Waals surface area (Å²) in [7, 11) is -9.93. The lowest BCUT2D eigenvalue weighted by Gasteiger charge is -2.21. The molecule has 0 saturated carbocycles. The highest BCUT2D eigenvalue weighted by atomic mass is 31.2. The monoisotopic (exact) mass is 1560 g/mol. The average molecular weight is 1560 g/mol. The van der Waals surface area contributed by atoms with E-state index in [-0.39, 0.29) is 25.7 Å². The summed E-state index contributed by atoms with van der Waals surface area (Å²) in [5.74, 6) is -1.23. The molecule has 3 N–H and O–H groups in total. The van der Waals surface area contributed by atoms with Crippen LogP contribution in [0, 0.1) is 5.92 Å². The van der Waals surface area contributed by atoms with Crippen molar-refractivity contribution in [3.63, 3.8) is 0 Å². The molecule has 0 radical (unpaired) electrons. The summed E-state index contributed by atoms with van der Waals surface area (Å²) in [6.07, 6.45) is 74.9. The first-order valence-corrected chi connectivity index (χ1v) is 48.7.